The van der Waals surface area contributed by atoms with Crippen LogP contribution in [0.1, 0.15) is 24.1 Å². The molecule has 2 aromatic carbocycles. The molecule has 4 heteroatoms. The van der Waals surface area contributed by atoms with E-state index in [0.717, 1.165) is 11.1 Å². The maximum Gasteiger partial charge on any atom is 0.237 e. The number of rotatable bonds is 5. The molecule has 0 aliphatic heterocycles. The number of carbonyl (C=O) groups is 1. The number of halogens is 1. The molecule has 0 radical (unpaired) electrons. The van der Waals surface area contributed by atoms with E-state index in [1.54, 1.807) is 12.1 Å². The van der Waals surface area contributed by atoms with Crippen molar-refractivity contribution in [3.8, 4) is 0 Å². The molecule has 0 bridgehead atoms. The number of carbonyl (C=O) groups excluding carboxylic acids is 1. The molecular formula is C17H19FN2O. The molecule has 1 amide bonds. The Balaban J connectivity index is 1.94. The Labute approximate surface area is 124 Å². The van der Waals surface area contributed by atoms with Crippen LogP contribution in [0.4, 0.5) is 4.39 Å². The van der Waals surface area contributed by atoms with Crippen molar-refractivity contribution >= 4 is 5.91 Å². The summed E-state index contributed by atoms with van der Waals surface area (Å²) in [6.45, 7) is 1.81. The second-order valence-corrected chi connectivity index (χ2v) is 5.08. The van der Waals surface area contributed by atoms with Gasteiger partial charge < -0.3 is 11.1 Å². The minimum absolute atomic E-state index is 0.240. The van der Waals surface area contributed by atoms with Gasteiger partial charge in [0.25, 0.3) is 0 Å². The van der Waals surface area contributed by atoms with E-state index in [2.05, 4.69) is 5.32 Å². The topological polar surface area (TPSA) is 55.1 Å². The first-order chi connectivity index (χ1) is 10.1. The normalized spacial score (nSPS) is 13.5. The summed E-state index contributed by atoms with van der Waals surface area (Å²) in [4.78, 5) is 12.1. The molecule has 21 heavy (non-hydrogen) atoms. The van der Waals surface area contributed by atoms with Gasteiger partial charge in [0.2, 0.25) is 5.91 Å². The Morgan fingerprint density at radius 3 is 2.57 bits per heavy atom. The van der Waals surface area contributed by atoms with Gasteiger partial charge >= 0.3 is 0 Å². The summed E-state index contributed by atoms with van der Waals surface area (Å²) >= 11 is 0. The average Bonchev–Trinajstić information content (AvgIpc) is 2.48. The van der Waals surface area contributed by atoms with Crippen LogP contribution in [0.15, 0.2) is 54.6 Å². The van der Waals surface area contributed by atoms with Crippen LogP contribution in [-0.4, -0.2) is 11.9 Å². The fourth-order valence-electron chi connectivity index (χ4n) is 2.14. The van der Waals surface area contributed by atoms with Crippen molar-refractivity contribution in [1.29, 1.82) is 0 Å². The molecule has 0 spiro atoms. The van der Waals surface area contributed by atoms with Gasteiger partial charge in [0.15, 0.2) is 0 Å². The number of hydrogen-bond acceptors (Lipinski definition) is 2. The summed E-state index contributed by atoms with van der Waals surface area (Å²) in [5.74, 6) is -0.558. The highest BCUT2D eigenvalue weighted by molar-refractivity contribution is 5.82. The SMILES string of the molecule is CC(NC(=O)[C@H](N)Cc1ccccc1)c1cccc(F)c1. The Hall–Kier alpha value is -2.20. The largest absolute Gasteiger partial charge is 0.348 e. The third-order valence-corrected chi connectivity index (χ3v) is 3.34. The summed E-state index contributed by atoms with van der Waals surface area (Å²) in [6, 6.07) is 14.9. The monoisotopic (exact) mass is 286 g/mol. The third-order valence-electron chi connectivity index (χ3n) is 3.34. The van der Waals surface area contributed by atoms with E-state index in [4.69, 9.17) is 5.73 Å². The van der Waals surface area contributed by atoms with Crippen molar-refractivity contribution in [2.75, 3.05) is 0 Å². The fourth-order valence-corrected chi connectivity index (χ4v) is 2.14. The highest BCUT2D eigenvalue weighted by atomic mass is 19.1. The van der Waals surface area contributed by atoms with E-state index >= 15 is 0 Å². The molecule has 0 saturated heterocycles. The zero-order valence-electron chi connectivity index (χ0n) is 11.9. The van der Waals surface area contributed by atoms with Crippen LogP contribution >= 0.6 is 0 Å². The molecule has 0 fully saturated rings. The smallest absolute Gasteiger partial charge is 0.237 e. The van der Waals surface area contributed by atoms with Crippen LogP contribution in [0.2, 0.25) is 0 Å². The molecule has 1 unspecified atom stereocenters. The molecule has 0 heterocycles. The van der Waals surface area contributed by atoms with Crippen molar-refractivity contribution in [2.24, 2.45) is 5.73 Å². The summed E-state index contributed by atoms with van der Waals surface area (Å²) < 4.78 is 13.2. The standard InChI is InChI=1S/C17H19FN2O/c1-12(14-8-5-9-15(18)11-14)20-17(21)16(19)10-13-6-3-2-4-7-13/h2-9,11-12,16H,10,19H2,1H3,(H,20,21)/t12?,16-/m1/s1. The van der Waals surface area contributed by atoms with E-state index in [1.807, 2.05) is 37.3 Å². The van der Waals surface area contributed by atoms with Crippen LogP contribution in [0.3, 0.4) is 0 Å². The Morgan fingerprint density at radius 1 is 1.19 bits per heavy atom. The molecule has 110 valence electrons. The third kappa shape index (κ3) is 4.39. The highest BCUT2D eigenvalue weighted by Gasteiger charge is 2.17. The molecule has 0 aliphatic rings. The molecule has 2 atom stereocenters. The second-order valence-electron chi connectivity index (χ2n) is 5.08. The number of benzene rings is 2. The van der Waals surface area contributed by atoms with Gasteiger partial charge in [0, 0.05) is 0 Å². The predicted molar refractivity (Wildman–Crippen MR) is 81.1 cm³/mol. The van der Waals surface area contributed by atoms with Crippen LogP contribution in [0.5, 0.6) is 0 Å². The predicted octanol–water partition coefficient (Wildman–Crippen LogP) is 2.57. The Kier molecular flexibility index (Phi) is 5.06. The molecule has 3 N–H and O–H groups in total. The molecule has 0 aromatic heterocycles. The Bertz CT molecular complexity index is 601. The lowest BCUT2D eigenvalue weighted by atomic mass is 10.0. The van der Waals surface area contributed by atoms with Crippen LogP contribution in [-0.2, 0) is 11.2 Å². The van der Waals surface area contributed by atoms with E-state index in [-0.39, 0.29) is 17.8 Å². The van der Waals surface area contributed by atoms with E-state index in [1.165, 1.54) is 12.1 Å². The van der Waals surface area contributed by atoms with E-state index in [0.29, 0.717) is 6.42 Å². The number of nitrogens with one attached hydrogen (secondary N) is 1. The van der Waals surface area contributed by atoms with Gasteiger partial charge in [0.1, 0.15) is 5.82 Å². The quantitative estimate of drug-likeness (QED) is 0.887. The van der Waals surface area contributed by atoms with Crippen molar-refractivity contribution in [2.45, 2.75) is 25.4 Å². The first-order valence-electron chi connectivity index (χ1n) is 6.91. The van der Waals surface area contributed by atoms with Crippen LogP contribution < -0.4 is 11.1 Å². The first kappa shape index (κ1) is 15.2. The van der Waals surface area contributed by atoms with Gasteiger partial charge in [0.05, 0.1) is 12.1 Å². The lowest BCUT2D eigenvalue weighted by molar-refractivity contribution is -0.123. The second kappa shape index (κ2) is 6.99. The fraction of sp³-hybridized carbons (Fsp3) is 0.235. The number of nitrogens with two attached hydrogens (primary N) is 1. The van der Waals surface area contributed by atoms with Crippen molar-refractivity contribution in [3.05, 3.63) is 71.5 Å². The number of hydrogen-bond donors (Lipinski definition) is 2. The summed E-state index contributed by atoms with van der Waals surface area (Å²) in [5.41, 5.74) is 7.65. The first-order valence-corrected chi connectivity index (χ1v) is 6.91. The number of amides is 1. The zero-order chi connectivity index (χ0) is 15.2. The zero-order valence-corrected chi connectivity index (χ0v) is 11.9. The lowest BCUT2D eigenvalue weighted by Crippen LogP contribution is -2.42. The van der Waals surface area contributed by atoms with Gasteiger partial charge in [-0.05, 0) is 36.6 Å². The highest BCUT2D eigenvalue weighted by Crippen LogP contribution is 2.13. The van der Waals surface area contributed by atoms with E-state index in [9.17, 15) is 9.18 Å². The average molecular weight is 286 g/mol. The molecule has 0 saturated carbocycles. The maximum atomic E-state index is 13.2. The molecule has 2 aromatic rings. The Morgan fingerprint density at radius 2 is 1.90 bits per heavy atom. The lowest BCUT2D eigenvalue weighted by Gasteiger charge is -2.18. The van der Waals surface area contributed by atoms with Crippen molar-refractivity contribution in [1.82, 2.24) is 5.32 Å². The maximum absolute atomic E-state index is 13.2. The summed E-state index contributed by atoms with van der Waals surface area (Å²) in [6.07, 6.45) is 0.475. The molecular weight excluding hydrogens is 267 g/mol. The molecule has 3 nitrogen and oxygen atoms in total. The summed E-state index contributed by atoms with van der Waals surface area (Å²) in [7, 11) is 0. The molecule has 2 rings (SSSR count). The van der Waals surface area contributed by atoms with Crippen LogP contribution in [0, 0.1) is 5.82 Å². The van der Waals surface area contributed by atoms with Crippen molar-refractivity contribution < 1.29 is 9.18 Å². The van der Waals surface area contributed by atoms with Crippen LogP contribution in [0.25, 0.3) is 0 Å². The van der Waals surface area contributed by atoms with Gasteiger partial charge in [-0.1, -0.05) is 42.5 Å². The van der Waals surface area contributed by atoms with Crippen molar-refractivity contribution in [3.63, 3.8) is 0 Å². The van der Waals surface area contributed by atoms with Gasteiger partial charge in [-0.15, -0.1) is 0 Å². The van der Waals surface area contributed by atoms with Gasteiger partial charge in [-0.2, -0.15) is 0 Å². The van der Waals surface area contributed by atoms with Gasteiger partial charge in [-0.25, -0.2) is 4.39 Å². The minimum Gasteiger partial charge on any atom is -0.348 e. The minimum atomic E-state index is -0.622. The molecule has 0 aliphatic carbocycles. The van der Waals surface area contributed by atoms with E-state index < -0.39 is 6.04 Å². The summed E-state index contributed by atoms with van der Waals surface area (Å²) in [5, 5.41) is 2.81. The van der Waals surface area contributed by atoms with Gasteiger partial charge in [-0.3, -0.25) is 4.79 Å².